The molecule has 3 saturated heterocycles. The fraction of sp³-hybridized carbons (Fsp3) is 0.800. The van der Waals surface area contributed by atoms with Crippen molar-refractivity contribution >= 4 is 17.7 Å². The molecule has 6 nitrogen and oxygen atoms in total. The number of carbonyl (C=O) groups excluding carboxylic acids is 1. The van der Waals surface area contributed by atoms with Crippen molar-refractivity contribution in [3.8, 4) is 0 Å². The van der Waals surface area contributed by atoms with E-state index in [0.717, 1.165) is 76.5 Å². The Morgan fingerprint density at radius 1 is 1.37 bits per heavy atom. The van der Waals surface area contributed by atoms with E-state index in [1.54, 1.807) is 0 Å². The van der Waals surface area contributed by atoms with Crippen LogP contribution >= 0.6 is 11.8 Å². The molecule has 0 radical (unpaired) electrons. The molecule has 3 aliphatic heterocycles. The van der Waals surface area contributed by atoms with Crippen molar-refractivity contribution < 1.29 is 18.8 Å². The van der Waals surface area contributed by atoms with Crippen LogP contribution in [0.2, 0.25) is 0 Å². The summed E-state index contributed by atoms with van der Waals surface area (Å²) < 4.78 is 17.2. The summed E-state index contributed by atoms with van der Waals surface area (Å²) in [6, 6.07) is 0. The van der Waals surface area contributed by atoms with Gasteiger partial charge in [0, 0.05) is 45.1 Å². The van der Waals surface area contributed by atoms with Crippen LogP contribution in [0.4, 0.5) is 0 Å². The molecule has 27 heavy (non-hydrogen) atoms. The molecule has 1 amide bonds. The number of carbonyl (C=O) groups is 1. The van der Waals surface area contributed by atoms with Crippen molar-refractivity contribution in [1.82, 2.24) is 10.1 Å². The first-order chi connectivity index (χ1) is 13.1. The number of aromatic nitrogens is 1. The lowest BCUT2D eigenvalue weighted by atomic mass is 9.91. The number of hydrogen-bond donors (Lipinski definition) is 0. The zero-order valence-electron chi connectivity index (χ0n) is 16.4. The van der Waals surface area contributed by atoms with Crippen molar-refractivity contribution in [1.29, 1.82) is 0 Å². The van der Waals surface area contributed by atoms with E-state index in [9.17, 15) is 4.79 Å². The molecule has 1 aromatic heterocycles. The standard InChI is InChI=1S/C20H30N2O4S/c1-3-4-17-18(14(2)21-26-17)19(23)22-12-20(13-22)9-16(11-27-20)25-10-15-5-7-24-8-6-15/h15-16H,3-13H2,1-2H3/t16-/m0/s1. The van der Waals surface area contributed by atoms with E-state index in [4.69, 9.17) is 14.0 Å². The lowest BCUT2D eigenvalue weighted by Crippen LogP contribution is -2.60. The Hall–Kier alpha value is -1.05. The van der Waals surface area contributed by atoms with Crippen molar-refractivity contribution in [3.05, 3.63) is 17.0 Å². The Balaban J connectivity index is 1.28. The van der Waals surface area contributed by atoms with Crippen LogP contribution in [0.25, 0.3) is 0 Å². The molecular formula is C20H30N2O4S. The summed E-state index contributed by atoms with van der Waals surface area (Å²) >= 11 is 1.98. The second-order valence-electron chi connectivity index (χ2n) is 8.19. The Kier molecular flexibility index (Phi) is 5.81. The van der Waals surface area contributed by atoms with E-state index < -0.39 is 0 Å². The molecule has 150 valence electrons. The Morgan fingerprint density at radius 2 is 2.15 bits per heavy atom. The van der Waals surface area contributed by atoms with Crippen LogP contribution < -0.4 is 0 Å². The molecule has 1 aromatic rings. The number of likely N-dealkylation sites (tertiary alicyclic amines) is 1. The van der Waals surface area contributed by atoms with E-state index in [-0.39, 0.29) is 10.7 Å². The van der Waals surface area contributed by atoms with Gasteiger partial charge in [0.2, 0.25) is 0 Å². The highest BCUT2D eigenvalue weighted by Crippen LogP contribution is 2.46. The number of thioether (sulfide) groups is 1. The van der Waals surface area contributed by atoms with Gasteiger partial charge in [0.15, 0.2) is 0 Å². The van der Waals surface area contributed by atoms with Crippen molar-refractivity contribution in [2.75, 3.05) is 38.7 Å². The van der Waals surface area contributed by atoms with Gasteiger partial charge in [-0.3, -0.25) is 4.79 Å². The molecule has 4 rings (SSSR count). The second-order valence-corrected chi connectivity index (χ2v) is 9.67. The van der Waals surface area contributed by atoms with Gasteiger partial charge in [-0.1, -0.05) is 12.1 Å². The van der Waals surface area contributed by atoms with E-state index in [1.165, 1.54) is 0 Å². The molecule has 0 aliphatic carbocycles. The van der Waals surface area contributed by atoms with E-state index in [2.05, 4.69) is 12.1 Å². The molecule has 1 spiro atoms. The first-order valence-electron chi connectivity index (χ1n) is 10.2. The Bertz CT molecular complexity index is 665. The Morgan fingerprint density at radius 3 is 2.89 bits per heavy atom. The normalized spacial score (nSPS) is 25.1. The summed E-state index contributed by atoms with van der Waals surface area (Å²) in [5, 5.41) is 4.01. The highest BCUT2D eigenvalue weighted by molar-refractivity contribution is 8.01. The van der Waals surface area contributed by atoms with Gasteiger partial charge in [0.05, 0.1) is 16.5 Å². The molecule has 0 N–H and O–H groups in total. The monoisotopic (exact) mass is 394 g/mol. The van der Waals surface area contributed by atoms with Crippen LogP contribution in [0.3, 0.4) is 0 Å². The van der Waals surface area contributed by atoms with Crippen LogP contribution in [-0.4, -0.2) is 65.5 Å². The smallest absolute Gasteiger partial charge is 0.259 e. The molecule has 4 heterocycles. The SMILES string of the molecule is CCCc1onc(C)c1C(=O)N1CC2(C[C@H](OCC3CCOCC3)CS2)C1. The van der Waals surface area contributed by atoms with Crippen molar-refractivity contribution in [2.45, 2.75) is 56.8 Å². The van der Waals surface area contributed by atoms with Gasteiger partial charge >= 0.3 is 0 Å². The molecule has 1 atom stereocenters. The second kappa shape index (κ2) is 8.13. The zero-order valence-corrected chi connectivity index (χ0v) is 17.2. The summed E-state index contributed by atoms with van der Waals surface area (Å²) in [4.78, 5) is 14.9. The number of hydrogen-bond acceptors (Lipinski definition) is 6. The van der Waals surface area contributed by atoms with Gasteiger partial charge in [-0.2, -0.15) is 0 Å². The number of nitrogens with zero attached hydrogens (tertiary/aromatic N) is 2. The predicted octanol–water partition coefficient (Wildman–Crippen LogP) is 3.08. The van der Waals surface area contributed by atoms with E-state index in [0.29, 0.717) is 23.3 Å². The summed E-state index contributed by atoms with van der Waals surface area (Å²) in [5.74, 6) is 2.50. The largest absolute Gasteiger partial charge is 0.381 e. The highest BCUT2D eigenvalue weighted by atomic mass is 32.2. The number of rotatable bonds is 6. The maximum Gasteiger partial charge on any atom is 0.259 e. The first-order valence-corrected chi connectivity index (χ1v) is 11.2. The Labute approximate surface area is 165 Å². The van der Waals surface area contributed by atoms with Gasteiger partial charge in [-0.05, 0) is 38.5 Å². The average molecular weight is 395 g/mol. The summed E-state index contributed by atoms with van der Waals surface area (Å²) in [7, 11) is 0. The molecule has 3 fully saturated rings. The third-order valence-corrected chi connectivity index (χ3v) is 7.53. The lowest BCUT2D eigenvalue weighted by Gasteiger charge is -2.47. The number of ether oxygens (including phenoxy) is 2. The molecule has 0 saturated carbocycles. The van der Waals surface area contributed by atoms with Crippen molar-refractivity contribution in [3.63, 3.8) is 0 Å². The lowest BCUT2D eigenvalue weighted by molar-refractivity contribution is -0.0118. The predicted molar refractivity (Wildman–Crippen MR) is 104 cm³/mol. The minimum absolute atomic E-state index is 0.0787. The van der Waals surface area contributed by atoms with Gasteiger partial charge < -0.3 is 18.9 Å². The first kappa shape index (κ1) is 19.3. The quantitative estimate of drug-likeness (QED) is 0.739. The molecule has 0 unspecified atom stereocenters. The fourth-order valence-corrected chi connectivity index (χ4v) is 5.91. The minimum Gasteiger partial charge on any atom is -0.381 e. The summed E-state index contributed by atoms with van der Waals surface area (Å²) in [6.45, 7) is 8.16. The van der Waals surface area contributed by atoms with Crippen LogP contribution in [-0.2, 0) is 15.9 Å². The van der Waals surface area contributed by atoms with Gasteiger partial charge in [0.1, 0.15) is 11.3 Å². The van der Waals surface area contributed by atoms with Crippen molar-refractivity contribution in [2.24, 2.45) is 5.92 Å². The zero-order chi connectivity index (χ0) is 18.9. The minimum atomic E-state index is 0.0787. The van der Waals surface area contributed by atoms with E-state index in [1.807, 2.05) is 23.6 Å². The van der Waals surface area contributed by atoms with Gasteiger partial charge in [0.25, 0.3) is 5.91 Å². The molecule has 0 bridgehead atoms. The van der Waals surface area contributed by atoms with Gasteiger partial charge in [-0.15, -0.1) is 11.8 Å². The van der Waals surface area contributed by atoms with Crippen LogP contribution in [0.5, 0.6) is 0 Å². The molecule has 3 aliphatic rings. The fourth-order valence-electron chi connectivity index (χ4n) is 4.35. The number of aryl methyl sites for hydroxylation is 2. The number of amides is 1. The van der Waals surface area contributed by atoms with Crippen LogP contribution in [0, 0.1) is 12.8 Å². The van der Waals surface area contributed by atoms with Gasteiger partial charge in [-0.25, -0.2) is 0 Å². The van der Waals surface area contributed by atoms with E-state index >= 15 is 0 Å². The maximum atomic E-state index is 12.9. The summed E-state index contributed by atoms with van der Waals surface area (Å²) in [6.07, 6.45) is 5.31. The average Bonchev–Trinajstić information content (AvgIpc) is 3.24. The molecule has 0 aromatic carbocycles. The topological polar surface area (TPSA) is 64.8 Å². The molecule has 7 heteroatoms. The van der Waals surface area contributed by atoms with Crippen LogP contribution in [0.15, 0.2) is 4.52 Å². The summed E-state index contributed by atoms with van der Waals surface area (Å²) in [5.41, 5.74) is 1.39. The molecular weight excluding hydrogens is 364 g/mol. The maximum absolute atomic E-state index is 12.9. The third kappa shape index (κ3) is 4.05. The third-order valence-electron chi connectivity index (χ3n) is 5.95. The highest BCUT2D eigenvalue weighted by Gasteiger charge is 2.51. The van der Waals surface area contributed by atoms with Crippen LogP contribution in [0.1, 0.15) is 54.4 Å².